The Bertz CT molecular complexity index is 1250. The maximum absolute atomic E-state index is 12.5. The van der Waals surface area contributed by atoms with E-state index in [1.165, 1.54) is 43.6 Å². The third kappa shape index (κ3) is 5.36. The Morgan fingerprint density at radius 3 is 2.44 bits per heavy atom. The Labute approximate surface area is 195 Å². The van der Waals surface area contributed by atoms with Gasteiger partial charge in [0.25, 0.3) is 5.91 Å². The Balaban J connectivity index is 1.67. The molecular weight excluding hydrogens is 472 g/mol. The molecule has 0 radical (unpaired) electrons. The number of amides is 1. The summed E-state index contributed by atoms with van der Waals surface area (Å²) in [4.78, 5) is 25.1. The molecule has 0 saturated carbocycles. The molecule has 168 valence electrons. The van der Waals surface area contributed by atoms with Gasteiger partial charge in [-0.2, -0.15) is 0 Å². The van der Waals surface area contributed by atoms with Crippen molar-refractivity contribution in [1.29, 1.82) is 0 Å². The molecule has 1 heterocycles. The molecule has 0 fully saturated rings. The van der Waals surface area contributed by atoms with Crippen molar-refractivity contribution in [2.75, 3.05) is 26.0 Å². The lowest BCUT2D eigenvalue weighted by Crippen LogP contribution is -2.23. The number of esters is 1. The largest absolute Gasteiger partial charge is 0.451 e. The number of carbonyl (C=O) groups excluding carboxylic acids is 2. The summed E-state index contributed by atoms with van der Waals surface area (Å²) in [6.07, 6.45) is 0. The number of ether oxygens (including phenoxy) is 1. The van der Waals surface area contributed by atoms with E-state index in [4.69, 9.17) is 16.3 Å². The van der Waals surface area contributed by atoms with Crippen molar-refractivity contribution in [2.24, 2.45) is 0 Å². The zero-order valence-corrected chi connectivity index (χ0v) is 20.0. The van der Waals surface area contributed by atoms with Crippen LogP contribution in [0.25, 0.3) is 11.1 Å². The molecule has 7 nitrogen and oxygen atoms in total. The van der Waals surface area contributed by atoms with Gasteiger partial charge in [-0.1, -0.05) is 41.4 Å². The van der Waals surface area contributed by atoms with Crippen LogP contribution in [0.4, 0.5) is 5.69 Å². The Morgan fingerprint density at radius 2 is 1.78 bits per heavy atom. The van der Waals surface area contributed by atoms with Crippen molar-refractivity contribution in [3.63, 3.8) is 0 Å². The van der Waals surface area contributed by atoms with Gasteiger partial charge in [0.1, 0.15) is 9.77 Å². The van der Waals surface area contributed by atoms with Crippen LogP contribution >= 0.6 is 22.9 Å². The second-order valence-electron chi connectivity index (χ2n) is 7.09. The van der Waals surface area contributed by atoms with Gasteiger partial charge in [-0.3, -0.25) is 4.79 Å². The Kier molecular flexibility index (Phi) is 7.35. The number of thiophene rings is 1. The zero-order chi connectivity index (χ0) is 23.5. The number of aryl methyl sites for hydroxylation is 1. The van der Waals surface area contributed by atoms with Gasteiger partial charge in [-0.25, -0.2) is 17.5 Å². The first-order valence-electron chi connectivity index (χ1n) is 9.43. The number of sulfonamides is 1. The monoisotopic (exact) mass is 492 g/mol. The summed E-state index contributed by atoms with van der Waals surface area (Å²) in [5.41, 5.74) is 2.93. The van der Waals surface area contributed by atoms with Crippen LogP contribution in [0.1, 0.15) is 15.2 Å². The molecule has 3 aromatic rings. The molecule has 1 aromatic heterocycles. The van der Waals surface area contributed by atoms with Gasteiger partial charge in [-0.05, 0) is 42.1 Å². The maximum Gasteiger partial charge on any atom is 0.349 e. The van der Waals surface area contributed by atoms with Crippen molar-refractivity contribution in [3.05, 3.63) is 69.4 Å². The minimum Gasteiger partial charge on any atom is -0.451 e. The van der Waals surface area contributed by atoms with E-state index in [9.17, 15) is 18.0 Å². The summed E-state index contributed by atoms with van der Waals surface area (Å²) < 4.78 is 30.9. The average Bonchev–Trinajstić information content (AvgIpc) is 3.23. The number of anilines is 1. The van der Waals surface area contributed by atoms with E-state index in [1.807, 2.05) is 37.3 Å². The predicted octanol–water partition coefficient (Wildman–Crippen LogP) is 4.42. The van der Waals surface area contributed by atoms with Gasteiger partial charge in [0, 0.05) is 25.3 Å². The maximum atomic E-state index is 12.5. The number of nitrogens with one attached hydrogen (secondary N) is 1. The van der Waals surface area contributed by atoms with E-state index in [-0.39, 0.29) is 15.6 Å². The first-order chi connectivity index (χ1) is 15.1. The fourth-order valence-electron chi connectivity index (χ4n) is 2.80. The van der Waals surface area contributed by atoms with E-state index in [0.29, 0.717) is 4.88 Å². The number of hydrogen-bond acceptors (Lipinski definition) is 6. The topological polar surface area (TPSA) is 92.8 Å². The van der Waals surface area contributed by atoms with Crippen molar-refractivity contribution in [3.8, 4) is 11.1 Å². The summed E-state index contributed by atoms with van der Waals surface area (Å²) in [5.74, 6) is -1.22. The van der Waals surface area contributed by atoms with Crippen LogP contribution in [0.2, 0.25) is 5.02 Å². The highest BCUT2D eigenvalue weighted by molar-refractivity contribution is 7.89. The normalized spacial score (nSPS) is 11.4. The third-order valence-corrected chi connectivity index (χ3v) is 7.71. The molecule has 0 saturated heterocycles. The van der Waals surface area contributed by atoms with Gasteiger partial charge in [-0.15, -0.1) is 11.3 Å². The first-order valence-corrected chi connectivity index (χ1v) is 12.1. The van der Waals surface area contributed by atoms with Gasteiger partial charge < -0.3 is 10.1 Å². The Hall–Kier alpha value is -2.72. The van der Waals surface area contributed by atoms with E-state index < -0.39 is 28.5 Å². The summed E-state index contributed by atoms with van der Waals surface area (Å²) in [6, 6.07) is 13.7. The lowest BCUT2D eigenvalue weighted by molar-refractivity contribution is -0.119. The molecule has 0 atom stereocenters. The summed E-state index contributed by atoms with van der Waals surface area (Å²) in [5, 5.41) is 4.34. The van der Waals surface area contributed by atoms with Crippen LogP contribution < -0.4 is 5.32 Å². The molecule has 2 aromatic carbocycles. The first kappa shape index (κ1) is 23.9. The van der Waals surface area contributed by atoms with Crippen molar-refractivity contribution in [1.82, 2.24) is 4.31 Å². The van der Waals surface area contributed by atoms with Crippen LogP contribution in [0.5, 0.6) is 0 Å². The fourth-order valence-corrected chi connectivity index (χ4v) is 5.00. The molecule has 0 aliphatic heterocycles. The number of carbonyl (C=O) groups is 2. The van der Waals surface area contributed by atoms with Crippen LogP contribution in [-0.2, 0) is 19.6 Å². The highest BCUT2D eigenvalue weighted by Gasteiger charge is 2.22. The van der Waals surface area contributed by atoms with Gasteiger partial charge in [0.05, 0.1) is 5.02 Å². The number of nitrogens with zero attached hydrogens (tertiary/aromatic N) is 1. The highest BCUT2D eigenvalue weighted by atomic mass is 35.5. The molecule has 0 aliphatic carbocycles. The molecule has 1 amide bonds. The number of benzene rings is 2. The van der Waals surface area contributed by atoms with E-state index in [1.54, 1.807) is 5.38 Å². The smallest absolute Gasteiger partial charge is 0.349 e. The average molecular weight is 493 g/mol. The zero-order valence-electron chi connectivity index (χ0n) is 17.6. The number of rotatable bonds is 7. The quantitative estimate of drug-likeness (QED) is 0.493. The molecule has 0 bridgehead atoms. The van der Waals surface area contributed by atoms with Gasteiger partial charge in [0.2, 0.25) is 10.0 Å². The molecule has 1 N–H and O–H groups in total. The standard InChI is InChI=1S/C22H21ClN2O5S2/c1-14-4-6-15(7-5-14)17-10-11-31-21(17)22(27)30-13-20(26)24-16-8-9-18(23)19(12-16)32(28,29)25(2)3/h4-12H,13H2,1-3H3,(H,24,26). The van der Waals surface area contributed by atoms with Crippen molar-refractivity contribution >= 4 is 50.5 Å². The minimum atomic E-state index is -3.79. The second kappa shape index (κ2) is 9.83. The van der Waals surface area contributed by atoms with Crippen LogP contribution in [0.15, 0.2) is 58.8 Å². The molecule has 3 rings (SSSR count). The van der Waals surface area contributed by atoms with E-state index in [0.717, 1.165) is 21.0 Å². The summed E-state index contributed by atoms with van der Waals surface area (Å²) in [7, 11) is -1.03. The molecular formula is C22H21ClN2O5S2. The molecule has 32 heavy (non-hydrogen) atoms. The van der Waals surface area contributed by atoms with Crippen molar-refractivity contribution in [2.45, 2.75) is 11.8 Å². The van der Waals surface area contributed by atoms with Crippen molar-refractivity contribution < 1.29 is 22.7 Å². The highest BCUT2D eigenvalue weighted by Crippen LogP contribution is 2.29. The van der Waals surface area contributed by atoms with Crippen LogP contribution in [0.3, 0.4) is 0 Å². The summed E-state index contributed by atoms with van der Waals surface area (Å²) in [6.45, 7) is 1.45. The van der Waals surface area contributed by atoms with Gasteiger partial charge >= 0.3 is 5.97 Å². The molecule has 0 unspecified atom stereocenters. The van der Waals surface area contributed by atoms with Crippen LogP contribution in [-0.4, -0.2) is 45.3 Å². The van der Waals surface area contributed by atoms with Crippen LogP contribution in [0, 0.1) is 6.92 Å². The van der Waals surface area contributed by atoms with Gasteiger partial charge in [0.15, 0.2) is 6.61 Å². The lowest BCUT2D eigenvalue weighted by atomic mass is 10.1. The minimum absolute atomic E-state index is 0.0319. The summed E-state index contributed by atoms with van der Waals surface area (Å²) >= 11 is 7.24. The number of hydrogen-bond donors (Lipinski definition) is 1. The van der Waals surface area contributed by atoms with E-state index >= 15 is 0 Å². The van der Waals surface area contributed by atoms with E-state index in [2.05, 4.69) is 5.32 Å². The second-order valence-corrected chi connectivity index (χ2v) is 10.5. The molecule has 0 spiro atoms. The molecule has 0 aliphatic rings. The SMILES string of the molecule is Cc1ccc(-c2ccsc2C(=O)OCC(=O)Nc2ccc(Cl)c(S(=O)(=O)N(C)C)c2)cc1. The fraction of sp³-hybridized carbons (Fsp3) is 0.182. The number of halogens is 1. The predicted molar refractivity (Wildman–Crippen MR) is 126 cm³/mol. The molecule has 10 heteroatoms. The Morgan fingerprint density at radius 1 is 1.09 bits per heavy atom. The third-order valence-electron chi connectivity index (χ3n) is 4.52. The lowest BCUT2D eigenvalue weighted by Gasteiger charge is -2.14.